The van der Waals surface area contributed by atoms with Crippen molar-refractivity contribution in [2.45, 2.75) is 25.9 Å². The molecular formula is C12H21N5O3. The first-order valence-corrected chi connectivity index (χ1v) is 6.75. The molecule has 0 saturated carbocycles. The zero-order valence-electron chi connectivity index (χ0n) is 11.8. The summed E-state index contributed by atoms with van der Waals surface area (Å²) < 4.78 is 10.8. The third kappa shape index (κ3) is 3.99. The van der Waals surface area contributed by atoms with Crippen molar-refractivity contribution < 1.29 is 13.9 Å². The Labute approximate surface area is 117 Å². The van der Waals surface area contributed by atoms with Crippen LogP contribution in [-0.2, 0) is 9.53 Å². The van der Waals surface area contributed by atoms with Crippen molar-refractivity contribution in [3.8, 4) is 0 Å². The summed E-state index contributed by atoms with van der Waals surface area (Å²) in [5.41, 5.74) is 5.57. The number of morpholine rings is 1. The lowest BCUT2D eigenvalue weighted by molar-refractivity contribution is -0.119. The van der Waals surface area contributed by atoms with E-state index in [2.05, 4.69) is 15.5 Å². The molecule has 8 heteroatoms. The van der Waals surface area contributed by atoms with E-state index in [4.69, 9.17) is 14.9 Å². The van der Waals surface area contributed by atoms with Gasteiger partial charge in [0.2, 0.25) is 11.8 Å². The van der Waals surface area contributed by atoms with E-state index in [-0.39, 0.29) is 30.5 Å². The summed E-state index contributed by atoms with van der Waals surface area (Å²) in [6.45, 7) is 6.57. The van der Waals surface area contributed by atoms with Gasteiger partial charge in [-0.15, -0.1) is 5.10 Å². The Hall–Kier alpha value is -1.51. The fourth-order valence-corrected chi connectivity index (χ4v) is 1.95. The zero-order chi connectivity index (χ0) is 14.5. The molecule has 1 fully saturated rings. The molecule has 1 unspecified atom stereocenters. The number of anilines is 1. The van der Waals surface area contributed by atoms with Crippen molar-refractivity contribution in [3.63, 3.8) is 0 Å². The van der Waals surface area contributed by atoms with Crippen LogP contribution < -0.4 is 11.1 Å². The van der Waals surface area contributed by atoms with E-state index in [0.29, 0.717) is 32.1 Å². The van der Waals surface area contributed by atoms with Crippen LogP contribution in [0, 0.1) is 0 Å². The summed E-state index contributed by atoms with van der Waals surface area (Å²) in [6, 6.07) is 0.141. The fourth-order valence-electron chi connectivity index (χ4n) is 1.95. The summed E-state index contributed by atoms with van der Waals surface area (Å²) >= 11 is 0. The zero-order valence-corrected chi connectivity index (χ0v) is 11.8. The number of rotatable bonds is 5. The molecule has 1 saturated heterocycles. The highest BCUT2D eigenvalue weighted by Crippen LogP contribution is 2.14. The predicted octanol–water partition coefficient (Wildman–Crippen LogP) is -0.209. The summed E-state index contributed by atoms with van der Waals surface area (Å²) in [5.74, 6) is 0.467. The SMILES string of the molecule is CC(C)c1nnc(NC(=O)CN2CCOC(CN)C2)o1. The minimum Gasteiger partial charge on any atom is -0.408 e. The van der Waals surface area contributed by atoms with Crippen molar-refractivity contribution in [3.05, 3.63) is 5.89 Å². The molecule has 0 aromatic carbocycles. The first-order valence-electron chi connectivity index (χ1n) is 6.75. The molecule has 1 aliphatic heterocycles. The van der Waals surface area contributed by atoms with Crippen LogP contribution in [0.2, 0.25) is 0 Å². The van der Waals surface area contributed by atoms with Gasteiger partial charge in [0.1, 0.15) is 0 Å². The Morgan fingerprint density at radius 3 is 3.00 bits per heavy atom. The monoisotopic (exact) mass is 283 g/mol. The highest BCUT2D eigenvalue weighted by atomic mass is 16.5. The van der Waals surface area contributed by atoms with E-state index in [9.17, 15) is 4.79 Å². The first kappa shape index (κ1) is 14.9. The molecule has 0 radical (unpaired) electrons. The second-order valence-corrected chi connectivity index (χ2v) is 5.11. The topological polar surface area (TPSA) is 107 Å². The molecule has 0 bridgehead atoms. The average Bonchev–Trinajstić information content (AvgIpc) is 2.87. The summed E-state index contributed by atoms with van der Waals surface area (Å²) in [5, 5.41) is 10.3. The highest BCUT2D eigenvalue weighted by molar-refractivity contribution is 5.90. The number of nitrogens with two attached hydrogens (primary N) is 1. The number of carbonyl (C=O) groups excluding carboxylic acids is 1. The highest BCUT2D eigenvalue weighted by Gasteiger charge is 2.21. The molecule has 20 heavy (non-hydrogen) atoms. The third-order valence-electron chi connectivity index (χ3n) is 3.03. The van der Waals surface area contributed by atoms with E-state index in [1.165, 1.54) is 0 Å². The van der Waals surface area contributed by atoms with Gasteiger partial charge >= 0.3 is 6.01 Å². The van der Waals surface area contributed by atoms with Gasteiger partial charge in [0, 0.05) is 25.6 Å². The average molecular weight is 283 g/mol. The van der Waals surface area contributed by atoms with Gasteiger partial charge in [0.05, 0.1) is 19.3 Å². The van der Waals surface area contributed by atoms with Crippen molar-refractivity contribution >= 4 is 11.9 Å². The molecule has 2 heterocycles. The van der Waals surface area contributed by atoms with Crippen LogP contribution in [0.25, 0.3) is 0 Å². The number of nitrogens with zero attached hydrogens (tertiary/aromatic N) is 3. The molecule has 1 amide bonds. The predicted molar refractivity (Wildman–Crippen MR) is 72.3 cm³/mol. The normalized spacial score (nSPS) is 20.3. The largest absolute Gasteiger partial charge is 0.408 e. The lowest BCUT2D eigenvalue weighted by Crippen LogP contribution is -2.48. The Bertz CT molecular complexity index is 448. The number of hydrogen-bond acceptors (Lipinski definition) is 7. The van der Waals surface area contributed by atoms with Gasteiger partial charge in [-0.3, -0.25) is 15.0 Å². The molecule has 2 rings (SSSR count). The van der Waals surface area contributed by atoms with Gasteiger partial charge in [-0.1, -0.05) is 18.9 Å². The Morgan fingerprint density at radius 1 is 1.55 bits per heavy atom. The Kier molecular flexibility index (Phi) is 5.05. The number of carbonyl (C=O) groups is 1. The van der Waals surface area contributed by atoms with Crippen LogP contribution in [0.15, 0.2) is 4.42 Å². The number of nitrogens with one attached hydrogen (secondary N) is 1. The van der Waals surface area contributed by atoms with Crippen LogP contribution in [-0.4, -0.2) is 59.9 Å². The van der Waals surface area contributed by atoms with Gasteiger partial charge < -0.3 is 14.9 Å². The summed E-state index contributed by atoms with van der Waals surface area (Å²) in [6.07, 6.45) is -0.00695. The van der Waals surface area contributed by atoms with E-state index in [1.807, 2.05) is 18.7 Å². The number of amides is 1. The van der Waals surface area contributed by atoms with Crippen LogP contribution in [0.3, 0.4) is 0 Å². The van der Waals surface area contributed by atoms with Gasteiger partial charge in [0.25, 0.3) is 0 Å². The minimum atomic E-state index is -0.179. The number of hydrogen-bond donors (Lipinski definition) is 2. The molecule has 112 valence electrons. The molecule has 1 aliphatic rings. The van der Waals surface area contributed by atoms with Crippen LogP contribution in [0.1, 0.15) is 25.7 Å². The van der Waals surface area contributed by atoms with Crippen LogP contribution >= 0.6 is 0 Å². The van der Waals surface area contributed by atoms with Gasteiger partial charge in [-0.05, 0) is 0 Å². The maximum atomic E-state index is 11.9. The van der Waals surface area contributed by atoms with Crippen molar-refractivity contribution in [1.82, 2.24) is 15.1 Å². The molecule has 8 nitrogen and oxygen atoms in total. The van der Waals surface area contributed by atoms with Crippen molar-refractivity contribution in [2.24, 2.45) is 5.73 Å². The quantitative estimate of drug-likeness (QED) is 0.770. The van der Waals surface area contributed by atoms with Gasteiger partial charge in [-0.2, -0.15) is 0 Å². The second kappa shape index (κ2) is 6.78. The van der Waals surface area contributed by atoms with Crippen LogP contribution in [0.4, 0.5) is 6.01 Å². The van der Waals surface area contributed by atoms with E-state index < -0.39 is 0 Å². The molecule has 1 aromatic heterocycles. The fraction of sp³-hybridized carbons (Fsp3) is 0.750. The smallest absolute Gasteiger partial charge is 0.322 e. The van der Waals surface area contributed by atoms with E-state index >= 15 is 0 Å². The van der Waals surface area contributed by atoms with E-state index in [1.54, 1.807) is 0 Å². The molecule has 1 atom stereocenters. The standard InChI is InChI=1S/C12H21N5O3/c1-8(2)11-15-16-12(20-11)14-10(18)7-17-3-4-19-9(5-13)6-17/h8-9H,3-7,13H2,1-2H3,(H,14,16,18). The molecular weight excluding hydrogens is 262 g/mol. The van der Waals surface area contributed by atoms with Gasteiger partial charge in [0.15, 0.2) is 0 Å². The van der Waals surface area contributed by atoms with Crippen molar-refractivity contribution in [2.75, 3.05) is 38.1 Å². The maximum absolute atomic E-state index is 11.9. The second-order valence-electron chi connectivity index (χ2n) is 5.11. The van der Waals surface area contributed by atoms with Crippen molar-refractivity contribution in [1.29, 1.82) is 0 Å². The minimum absolute atomic E-state index is 0.00695. The molecule has 3 N–H and O–H groups in total. The summed E-state index contributed by atoms with van der Waals surface area (Å²) in [4.78, 5) is 13.9. The maximum Gasteiger partial charge on any atom is 0.322 e. The molecule has 1 aromatic rings. The molecule has 0 spiro atoms. The lowest BCUT2D eigenvalue weighted by Gasteiger charge is -2.31. The summed E-state index contributed by atoms with van der Waals surface area (Å²) in [7, 11) is 0. The van der Waals surface area contributed by atoms with E-state index in [0.717, 1.165) is 0 Å². The Balaban J connectivity index is 1.82. The third-order valence-corrected chi connectivity index (χ3v) is 3.03. The Morgan fingerprint density at radius 2 is 2.35 bits per heavy atom. The lowest BCUT2D eigenvalue weighted by atomic mass is 10.2. The first-order chi connectivity index (χ1) is 9.58. The van der Waals surface area contributed by atoms with Crippen LogP contribution in [0.5, 0.6) is 0 Å². The number of ether oxygens (including phenoxy) is 1. The number of aromatic nitrogens is 2. The molecule has 0 aliphatic carbocycles. The van der Waals surface area contributed by atoms with Gasteiger partial charge in [-0.25, -0.2) is 0 Å².